The maximum atomic E-state index is 9.86. The van der Waals surface area contributed by atoms with Gasteiger partial charge in [-0.3, -0.25) is 0 Å². The lowest BCUT2D eigenvalue weighted by Gasteiger charge is -2.15. The number of hydrogen-bond donors (Lipinski definition) is 3. The molecule has 0 atom stereocenters. The molecule has 0 spiro atoms. The van der Waals surface area contributed by atoms with Crippen LogP contribution in [-0.4, -0.2) is 63.3 Å². The highest BCUT2D eigenvalue weighted by Gasteiger charge is 2.06. The lowest BCUT2D eigenvalue weighted by atomic mass is 10.0. The molecular weight excluding hydrogens is 424 g/mol. The zero-order chi connectivity index (χ0) is 24.8. The summed E-state index contributed by atoms with van der Waals surface area (Å²) in [6.45, 7) is 15.5. The van der Waals surface area contributed by atoms with Crippen LogP contribution in [0.25, 0.3) is 0 Å². The number of aliphatic carboxylic acids is 3. The molecule has 0 bridgehead atoms. The minimum absolute atomic E-state index is 0.201. The second-order valence-corrected chi connectivity index (χ2v) is 7.86. The van der Waals surface area contributed by atoms with Crippen LogP contribution in [0.4, 0.5) is 0 Å². The maximum absolute atomic E-state index is 9.86. The van der Waals surface area contributed by atoms with E-state index >= 15 is 0 Å². The van der Waals surface area contributed by atoms with Gasteiger partial charge in [0.15, 0.2) is 17.3 Å². The number of carboxylic acids is 3. The lowest BCUT2D eigenvalue weighted by molar-refractivity contribution is -0.137. The van der Waals surface area contributed by atoms with Crippen LogP contribution in [-0.2, 0) is 28.6 Å². The van der Waals surface area contributed by atoms with Gasteiger partial charge in [-0.1, -0.05) is 37.6 Å². The summed E-state index contributed by atoms with van der Waals surface area (Å²) in [6, 6.07) is 0. The quantitative estimate of drug-likeness (QED) is 0.268. The lowest BCUT2D eigenvalue weighted by Crippen LogP contribution is -2.02. The largest absolute Gasteiger partial charge is 0.487 e. The summed E-state index contributed by atoms with van der Waals surface area (Å²) >= 11 is 0. The van der Waals surface area contributed by atoms with E-state index in [2.05, 4.69) is 33.9 Å². The molecule has 3 N–H and O–H groups in total. The Morgan fingerprint density at radius 1 is 0.710 bits per heavy atom. The van der Waals surface area contributed by atoms with Crippen LogP contribution in [0, 0.1) is 0 Å². The second kappa shape index (κ2) is 21.9. The third kappa shape index (κ3) is 25.2. The fraction of sp³-hybridized carbons (Fsp3) is 0.571. The first kappa shape index (κ1) is 32.9. The summed E-state index contributed by atoms with van der Waals surface area (Å²) in [5, 5.41) is 24.3. The van der Waals surface area contributed by atoms with E-state index < -0.39 is 17.9 Å². The standard InChI is InChI=1S/C6H14Si.3C5H8O3/c7-6-4-2-1-3-5-6;3*1-3-8-4(2)5(6)7/h6H,1-5H2,7H3;3*2-3H2,1H3,(H,6,7). The van der Waals surface area contributed by atoms with E-state index in [9.17, 15) is 14.4 Å². The molecule has 1 rings (SSSR count). The average Bonchev–Trinajstić information content (AvgIpc) is 2.70. The zero-order valence-electron chi connectivity index (χ0n) is 19.1. The topological polar surface area (TPSA) is 140 Å². The van der Waals surface area contributed by atoms with Gasteiger partial charge < -0.3 is 29.5 Å². The highest BCUT2D eigenvalue weighted by Crippen LogP contribution is 2.24. The predicted molar refractivity (Wildman–Crippen MR) is 122 cm³/mol. The molecule has 1 aliphatic carbocycles. The molecule has 0 aliphatic heterocycles. The summed E-state index contributed by atoms with van der Waals surface area (Å²) in [6.07, 6.45) is 7.65. The number of hydrogen-bond acceptors (Lipinski definition) is 6. The van der Waals surface area contributed by atoms with E-state index in [1.165, 1.54) is 35.0 Å². The van der Waals surface area contributed by atoms with Crippen molar-refractivity contribution in [2.75, 3.05) is 19.8 Å². The maximum Gasteiger partial charge on any atom is 0.370 e. The SMILES string of the molecule is C=C(OCC)C(=O)O.C=C(OCC)C(=O)O.C=C(OCC)C(=O)O.[SiH3]C1CCCCC1. The molecule has 1 aliphatic rings. The van der Waals surface area contributed by atoms with Gasteiger partial charge in [0.2, 0.25) is 0 Å². The average molecular weight is 463 g/mol. The summed E-state index contributed by atoms with van der Waals surface area (Å²) < 4.78 is 13.5. The van der Waals surface area contributed by atoms with Crippen molar-refractivity contribution < 1.29 is 43.9 Å². The molecular formula is C21H38O9Si. The van der Waals surface area contributed by atoms with Crippen molar-refractivity contribution in [1.82, 2.24) is 0 Å². The highest BCUT2D eigenvalue weighted by atomic mass is 28.1. The molecule has 180 valence electrons. The smallest absolute Gasteiger partial charge is 0.370 e. The van der Waals surface area contributed by atoms with Gasteiger partial charge in [0.25, 0.3) is 0 Å². The summed E-state index contributed by atoms with van der Waals surface area (Å²) in [5.74, 6) is -3.92. The molecule has 1 saturated carbocycles. The van der Waals surface area contributed by atoms with Gasteiger partial charge in [-0.2, -0.15) is 0 Å². The monoisotopic (exact) mass is 462 g/mol. The normalized spacial score (nSPS) is 12.1. The molecule has 9 nitrogen and oxygen atoms in total. The zero-order valence-corrected chi connectivity index (χ0v) is 21.1. The molecule has 10 heteroatoms. The third-order valence-corrected chi connectivity index (χ3v) is 4.72. The number of rotatable bonds is 9. The number of ether oxygens (including phenoxy) is 3. The third-order valence-electron chi connectivity index (χ3n) is 3.57. The first-order valence-electron chi connectivity index (χ1n) is 10.1. The molecule has 0 aromatic carbocycles. The highest BCUT2D eigenvalue weighted by molar-refractivity contribution is 6.11. The van der Waals surface area contributed by atoms with E-state index in [1.807, 2.05) is 0 Å². The van der Waals surface area contributed by atoms with Crippen molar-refractivity contribution >= 4 is 28.2 Å². The Morgan fingerprint density at radius 3 is 1.06 bits per heavy atom. The number of carbonyl (C=O) groups is 3. The van der Waals surface area contributed by atoms with Crippen molar-refractivity contribution in [3.8, 4) is 0 Å². The fourth-order valence-electron chi connectivity index (χ4n) is 2.01. The summed E-state index contributed by atoms with van der Waals surface area (Å²) in [7, 11) is 1.45. The Bertz CT molecular complexity index is 501. The van der Waals surface area contributed by atoms with Gasteiger partial charge in [-0.05, 0) is 40.5 Å². The van der Waals surface area contributed by atoms with E-state index in [4.69, 9.17) is 15.3 Å². The van der Waals surface area contributed by atoms with Gasteiger partial charge in [0.05, 0.1) is 19.8 Å². The van der Waals surface area contributed by atoms with Crippen molar-refractivity contribution in [3.05, 3.63) is 37.0 Å². The van der Waals surface area contributed by atoms with Gasteiger partial charge in [-0.25, -0.2) is 14.4 Å². The van der Waals surface area contributed by atoms with E-state index in [0.29, 0.717) is 19.8 Å². The molecule has 0 amide bonds. The molecule has 0 heterocycles. The minimum Gasteiger partial charge on any atom is -0.487 e. The van der Waals surface area contributed by atoms with Crippen LogP contribution in [0.1, 0.15) is 52.9 Å². The van der Waals surface area contributed by atoms with E-state index in [0.717, 1.165) is 0 Å². The van der Waals surface area contributed by atoms with Crippen LogP contribution >= 0.6 is 0 Å². The van der Waals surface area contributed by atoms with Crippen LogP contribution < -0.4 is 0 Å². The number of carboxylic acid groups (broad SMARTS) is 3. The first-order chi connectivity index (χ1) is 14.4. The fourth-order valence-corrected chi connectivity index (χ4v) is 2.83. The van der Waals surface area contributed by atoms with Gasteiger partial charge >= 0.3 is 17.9 Å². The Morgan fingerprint density at radius 2 is 0.968 bits per heavy atom. The minimum atomic E-state index is -1.10. The Labute approximate surface area is 187 Å². The van der Waals surface area contributed by atoms with Crippen molar-refractivity contribution in [3.63, 3.8) is 0 Å². The second-order valence-electron chi connectivity index (χ2n) is 6.23. The van der Waals surface area contributed by atoms with E-state index in [-0.39, 0.29) is 17.3 Å². The van der Waals surface area contributed by atoms with Crippen molar-refractivity contribution in [2.45, 2.75) is 58.4 Å². The molecule has 0 saturated heterocycles. The van der Waals surface area contributed by atoms with Crippen LogP contribution in [0.3, 0.4) is 0 Å². The summed E-state index contributed by atoms with van der Waals surface area (Å²) in [4.78, 5) is 29.6. The van der Waals surface area contributed by atoms with Gasteiger partial charge in [0.1, 0.15) is 0 Å². The Balaban J connectivity index is -0.000000337. The van der Waals surface area contributed by atoms with Crippen LogP contribution in [0.2, 0.25) is 5.54 Å². The molecule has 0 unspecified atom stereocenters. The van der Waals surface area contributed by atoms with Crippen LogP contribution in [0.15, 0.2) is 37.0 Å². The van der Waals surface area contributed by atoms with Crippen molar-refractivity contribution in [2.24, 2.45) is 0 Å². The first-order valence-corrected chi connectivity index (χ1v) is 11.2. The Kier molecular flexibility index (Phi) is 23.3. The molecule has 31 heavy (non-hydrogen) atoms. The predicted octanol–water partition coefficient (Wildman–Crippen LogP) is 2.97. The molecule has 0 aromatic heterocycles. The molecule has 1 fully saturated rings. The molecule has 0 aromatic rings. The Hall–Kier alpha value is -2.75. The molecule has 0 radical (unpaired) electrons. The van der Waals surface area contributed by atoms with Gasteiger partial charge in [0, 0.05) is 10.2 Å². The van der Waals surface area contributed by atoms with E-state index in [1.54, 1.807) is 33.6 Å². The summed E-state index contributed by atoms with van der Waals surface area (Å²) in [5.41, 5.74) is 1.17. The van der Waals surface area contributed by atoms with Crippen molar-refractivity contribution in [1.29, 1.82) is 0 Å². The van der Waals surface area contributed by atoms with Gasteiger partial charge in [-0.15, -0.1) is 0 Å². The van der Waals surface area contributed by atoms with Crippen LogP contribution in [0.5, 0.6) is 0 Å².